The van der Waals surface area contributed by atoms with Crippen LogP contribution in [0, 0.1) is 0 Å². The molecule has 142 valence electrons. The summed E-state index contributed by atoms with van der Waals surface area (Å²) < 4.78 is 12.3. The van der Waals surface area contributed by atoms with Crippen LogP contribution in [0.2, 0.25) is 0 Å². The van der Waals surface area contributed by atoms with E-state index in [0.29, 0.717) is 5.58 Å². The van der Waals surface area contributed by atoms with Crippen LogP contribution in [0.15, 0.2) is 51.7 Å². The van der Waals surface area contributed by atoms with Crippen molar-refractivity contribution in [1.29, 1.82) is 0 Å². The summed E-state index contributed by atoms with van der Waals surface area (Å²) in [4.78, 5) is 16.5. The Balaban J connectivity index is 1.35. The van der Waals surface area contributed by atoms with Gasteiger partial charge in [0.25, 0.3) is 0 Å². The number of aromatic nitrogens is 1. The predicted molar refractivity (Wildman–Crippen MR) is 107 cm³/mol. The second kappa shape index (κ2) is 7.48. The number of rotatable bonds is 5. The molecule has 0 unspecified atom stereocenters. The van der Waals surface area contributed by atoms with Crippen LogP contribution in [0.25, 0.3) is 11.1 Å². The lowest BCUT2D eigenvalue weighted by molar-refractivity contribution is 0.260. The number of ether oxygens (including phenoxy) is 1. The summed E-state index contributed by atoms with van der Waals surface area (Å²) in [5.41, 5.74) is 3.88. The molecule has 1 fully saturated rings. The molecule has 0 radical (unpaired) electrons. The van der Waals surface area contributed by atoms with Gasteiger partial charge in [-0.2, -0.15) is 0 Å². The van der Waals surface area contributed by atoms with Crippen LogP contribution in [0.5, 0.6) is 5.75 Å². The van der Waals surface area contributed by atoms with Gasteiger partial charge in [-0.1, -0.05) is 18.2 Å². The van der Waals surface area contributed by atoms with Crippen LogP contribution in [-0.2, 0) is 13.5 Å². The Labute approximate surface area is 158 Å². The van der Waals surface area contributed by atoms with E-state index in [1.165, 1.54) is 15.8 Å². The van der Waals surface area contributed by atoms with Crippen molar-refractivity contribution >= 4 is 16.8 Å². The molecule has 6 heteroatoms. The zero-order chi connectivity index (χ0) is 18.8. The third-order valence-corrected chi connectivity index (χ3v) is 5.37. The number of oxazole rings is 1. The van der Waals surface area contributed by atoms with Crippen molar-refractivity contribution in [3.05, 3.63) is 58.6 Å². The number of anilines is 1. The molecule has 0 N–H and O–H groups in total. The molecule has 4 rings (SSSR count). The number of aryl methyl sites for hydroxylation is 1. The van der Waals surface area contributed by atoms with Crippen LogP contribution in [-0.4, -0.2) is 49.3 Å². The highest BCUT2D eigenvalue weighted by Gasteiger charge is 2.19. The van der Waals surface area contributed by atoms with E-state index >= 15 is 0 Å². The van der Waals surface area contributed by atoms with Crippen LogP contribution in [0.1, 0.15) is 5.56 Å². The molecular weight excluding hydrogens is 342 g/mol. The SMILES string of the molecule is COc1ccccc1N1CCN(CCc2ccc3c(c2)oc(=O)n3C)CC1. The van der Waals surface area contributed by atoms with E-state index in [1.807, 2.05) is 24.3 Å². The van der Waals surface area contributed by atoms with Gasteiger partial charge < -0.3 is 14.1 Å². The van der Waals surface area contributed by atoms with Crippen LogP contribution >= 0.6 is 0 Å². The fourth-order valence-corrected chi connectivity index (χ4v) is 3.72. The molecule has 0 spiro atoms. The van der Waals surface area contributed by atoms with Gasteiger partial charge >= 0.3 is 5.76 Å². The Bertz CT molecular complexity index is 984. The molecule has 0 atom stereocenters. The number of methoxy groups -OCH3 is 1. The lowest BCUT2D eigenvalue weighted by Crippen LogP contribution is -2.47. The van der Waals surface area contributed by atoms with Gasteiger partial charge in [0.05, 0.1) is 18.3 Å². The standard InChI is InChI=1S/C21H25N3O3/c1-22-17-8-7-16(15-20(17)27-21(22)25)9-10-23-11-13-24(14-12-23)18-5-3-4-6-19(18)26-2/h3-8,15H,9-14H2,1-2H3. The highest BCUT2D eigenvalue weighted by molar-refractivity contribution is 5.73. The third kappa shape index (κ3) is 3.57. The third-order valence-electron chi connectivity index (χ3n) is 5.37. The van der Waals surface area contributed by atoms with Crippen molar-refractivity contribution < 1.29 is 9.15 Å². The Kier molecular flexibility index (Phi) is 4.90. The summed E-state index contributed by atoms with van der Waals surface area (Å²) in [5.74, 6) is 0.623. The summed E-state index contributed by atoms with van der Waals surface area (Å²) >= 11 is 0. The fourth-order valence-electron chi connectivity index (χ4n) is 3.72. The minimum atomic E-state index is -0.311. The molecule has 1 aliphatic heterocycles. The summed E-state index contributed by atoms with van der Waals surface area (Å²) in [6, 6.07) is 14.2. The van der Waals surface area contributed by atoms with E-state index in [-0.39, 0.29) is 5.76 Å². The molecule has 3 aromatic rings. The number of para-hydroxylation sites is 2. The first-order chi connectivity index (χ1) is 13.2. The minimum Gasteiger partial charge on any atom is -0.495 e. The van der Waals surface area contributed by atoms with Gasteiger partial charge in [-0.25, -0.2) is 4.79 Å². The van der Waals surface area contributed by atoms with Crippen LogP contribution in [0.4, 0.5) is 5.69 Å². The van der Waals surface area contributed by atoms with Crippen molar-refractivity contribution in [2.75, 3.05) is 44.7 Å². The Morgan fingerprint density at radius 2 is 1.85 bits per heavy atom. The van der Waals surface area contributed by atoms with Crippen molar-refractivity contribution in [2.24, 2.45) is 7.05 Å². The van der Waals surface area contributed by atoms with Crippen LogP contribution in [0.3, 0.4) is 0 Å². The maximum Gasteiger partial charge on any atom is 0.419 e. The Hall–Kier alpha value is -2.73. The van der Waals surface area contributed by atoms with Gasteiger partial charge in [-0.3, -0.25) is 9.47 Å². The van der Waals surface area contributed by atoms with E-state index in [1.54, 1.807) is 14.2 Å². The first-order valence-electron chi connectivity index (χ1n) is 9.34. The number of benzene rings is 2. The molecule has 2 heterocycles. The lowest BCUT2D eigenvalue weighted by Gasteiger charge is -2.36. The second-order valence-electron chi connectivity index (χ2n) is 6.98. The maximum absolute atomic E-state index is 11.6. The molecule has 0 aliphatic carbocycles. The van der Waals surface area contributed by atoms with Crippen molar-refractivity contribution in [3.63, 3.8) is 0 Å². The molecule has 1 aromatic heterocycles. The largest absolute Gasteiger partial charge is 0.495 e. The smallest absolute Gasteiger partial charge is 0.419 e. The van der Waals surface area contributed by atoms with Crippen LogP contribution < -0.4 is 15.4 Å². The molecule has 1 aliphatic rings. The number of hydrogen-bond acceptors (Lipinski definition) is 5. The molecule has 0 amide bonds. The molecule has 27 heavy (non-hydrogen) atoms. The molecule has 6 nitrogen and oxygen atoms in total. The minimum absolute atomic E-state index is 0.311. The van der Waals surface area contributed by atoms with Gasteiger partial charge in [0, 0.05) is 39.8 Å². The van der Waals surface area contributed by atoms with Gasteiger partial charge in [-0.05, 0) is 36.2 Å². The zero-order valence-corrected chi connectivity index (χ0v) is 15.9. The number of piperazine rings is 1. The fraction of sp³-hybridized carbons (Fsp3) is 0.381. The number of nitrogens with zero attached hydrogens (tertiary/aromatic N) is 3. The van der Waals surface area contributed by atoms with Crippen molar-refractivity contribution in [3.8, 4) is 5.75 Å². The van der Waals surface area contributed by atoms with E-state index in [4.69, 9.17) is 9.15 Å². The predicted octanol–water partition coefficient (Wildman–Crippen LogP) is 2.50. The monoisotopic (exact) mass is 367 g/mol. The van der Waals surface area contributed by atoms with Gasteiger partial charge in [-0.15, -0.1) is 0 Å². The van der Waals surface area contributed by atoms with Crippen molar-refractivity contribution in [1.82, 2.24) is 9.47 Å². The van der Waals surface area contributed by atoms with E-state index in [0.717, 1.165) is 50.4 Å². The van der Waals surface area contributed by atoms with E-state index < -0.39 is 0 Å². The number of hydrogen-bond donors (Lipinski definition) is 0. The normalized spacial score (nSPS) is 15.4. The molecule has 1 saturated heterocycles. The van der Waals surface area contributed by atoms with Gasteiger partial charge in [0.2, 0.25) is 0 Å². The second-order valence-corrected chi connectivity index (χ2v) is 6.98. The highest BCUT2D eigenvalue weighted by Crippen LogP contribution is 2.28. The first kappa shape index (κ1) is 17.7. The van der Waals surface area contributed by atoms with Crippen molar-refractivity contribution in [2.45, 2.75) is 6.42 Å². The topological polar surface area (TPSA) is 50.9 Å². The molecule has 2 aromatic carbocycles. The summed E-state index contributed by atoms with van der Waals surface area (Å²) in [6.45, 7) is 5.05. The van der Waals surface area contributed by atoms with Gasteiger partial charge in [0.15, 0.2) is 5.58 Å². The molecular formula is C21H25N3O3. The summed E-state index contributed by atoms with van der Waals surface area (Å²) in [7, 11) is 3.45. The first-order valence-corrected chi connectivity index (χ1v) is 9.34. The Morgan fingerprint density at radius 3 is 2.63 bits per heavy atom. The molecule has 0 saturated carbocycles. The summed E-state index contributed by atoms with van der Waals surface area (Å²) in [6.07, 6.45) is 0.948. The Morgan fingerprint density at radius 1 is 1.07 bits per heavy atom. The lowest BCUT2D eigenvalue weighted by atomic mass is 10.1. The average Bonchev–Trinajstić information content (AvgIpc) is 3.00. The zero-order valence-electron chi connectivity index (χ0n) is 15.9. The quantitative estimate of drug-likeness (QED) is 0.694. The maximum atomic E-state index is 11.6. The molecule has 0 bridgehead atoms. The number of fused-ring (bicyclic) bond motifs is 1. The average molecular weight is 367 g/mol. The van der Waals surface area contributed by atoms with Gasteiger partial charge in [0.1, 0.15) is 5.75 Å². The van der Waals surface area contributed by atoms with E-state index in [9.17, 15) is 4.79 Å². The highest BCUT2D eigenvalue weighted by atomic mass is 16.5. The summed E-state index contributed by atoms with van der Waals surface area (Å²) in [5, 5.41) is 0. The van der Waals surface area contributed by atoms with E-state index in [2.05, 4.69) is 28.0 Å².